The fraction of sp³-hybridized carbons (Fsp3) is 0.333. The molecule has 5 rings (SSSR count). The molecule has 0 bridgehead atoms. The van der Waals surface area contributed by atoms with Crippen molar-refractivity contribution in [3.05, 3.63) is 58.0 Å². The first-order valence-electron chi connectivity index (χ1n) is 10.9. The first-order chi connectivity index (χ1) is 16.0. The molecule has 1 atom stereocenters. The second-order valence-corrected chi connectivity index (χ2v) is 10.2. The number of nitrogens with one attached hydrogen (secondary N) is 1. The molecule has 0 spiro atoms. The number of thiophene rings is 1. The van der Waals surface area contributed by atoms with Crippen molar-refractivity contribution in [2.45, 2.75) is 44.5 Å². The molecule has 1 N–H and O–H groups in total. The van der Waals surface area contributed by atoms with Gasteiger partial charge in [-0.05, 0) is 56.0 Å². The minimum absolute atomic E-state index is 0.0161. The number of benzene rings is 1. The third kappa shape index (κ3) is 4.53. The van der Waals surface area contributed by atoms with Crippen molar-refractivity contribution in [2.24, 2.45) is 0 Å². The molecule has 0 unspecified atom stereocenters. The molecule has 1 aliphatic heterocycles. The third-order valence-corrected chi connectivity index (χ3v) is 7.79. The molecule has 33 heavy (non-hydrogen) atoms. The molecule has 170 valence electrons. The lowest BCUT2D eigenvalue weighted by Crippen LogP contribution is -2.28. The molecule has 1 amide bonds. The molecule has 7 nitrogen and oxygen atoms in total. The van der Waals surface area contributed by atoms with Gasteiger partial charge in [0.2, 0.25) is 5.91 Å². The summed E-state index contributed by atoms with van der Waals surface area (Å²) in [7, 11) is 0. The molecule has 1 fully saturated rings. The van der Waals surface area contributed by atoms with E-state index in [4.69, 9.17) is 9.72 Å². The van der Waals surface area contributed by atoms with E-state index in [9.17, 15) is 9.59 Å². The Morgan fingerprint density at radius 1 is 1.33 bits per heavy atom. The van der Waals surface area contributed by atoms with E-state index in [0.717, 1.165) is 39.9 Å². The van der Waals surface area contributed by atoms with Gasteiger partial charge in [0.1, 0.15) is 9.53 Å². The largest absolute Gasteiger partial charge is 0.376 e. The fourth-order valence-electron chi connectivity index (χ4n) is 3.99. The molecular formula is C24H24N4O3S2. The van der Waals surface area contributed by atoms with Gasteiger partial charge in [-0.3, -0.25) is 14.2 Å². The molecule has 0 radical (unpaired) electrons. The number of hydrogen-bond acceptors (Lipinski definition) is 7. The number of aryl methyl sites for hydroxylation is 2. The summed E-state index contributed by atoms with van der Waals surface area (Å²) in [5.41, 5.74) is 3.44. The second kappa shape index (κ2) is 9.24. The Labute approximate surface area is 199 Å². The van der Waals surface area contributed by atoms with Crippen molar-refractivity contribution in [1.82, 2.24) is 14.5 Å². The van der Waals surface area contributed by atoms with Crippen LogP contribution in [0, 0.1) is 13.8 Å². The maximum Gasteiger partial charge on any atom is 0.272 e. The van der Waals surface area contributed by atoms with Gasteiger partial charge < -0.3 is 10.1 Å². The summed E-state index contributed by atoms with van der Waals surface area (Å²) in [6.45, 7) is 5.10. The maximum atomic E-state index is 13.5. The predicted octanol–water partition coefficient (Wildman–Crippen LogP) is 4.53. The number of aromatic nitrogens is 3. The van der Waals surface area contributed by atoms with Crippen LogP contribution in [0.25, 0.3) is 20.4 Å². The lowest BCUT2D eigenvalue weighted by atomic mass is 10.1. The second-order valence-electron chi connectivity index (χ2n) is 8.24. The Morgan fingerprint density at radius 3 is 3.03 bits per heavy atom. The molecule has 4 heterocycles. The van der Waals surface area contributed by atoms with Crippen molar-refractivity contribution >= 4 is 55.1 Å². The Morgan fingerprint density at radius 2 is 2.21 bits per heavy atom. The highest BCUT2D eigenvalue weighted by molar-refractivity contribution is 7.99. The Hall–Kier alpha value is -2.75. The van der Waals surface area contributed by atoms with Gasteiger partial charge in [-0.25, -0.2) is 9.97 Å². The molecule has 0 saturated carbocycles. The zero-order valence-corrected chi connectivity index (χ0v) is 20.1. The van der Waals surface area contributed by atoms with Crippen LogP contribution < -0.4 is 10.9 Å². The van der Waals surface area contributed by atoms with Crippen molar-refractivity contribution in [2.75, 3.05) is 17.7 Å². The average molecular weight is 481 g/mol. The highest BCUT2D eigenvalue weighted by Crippen LogP contribution is 2.31. The summed E-state index contributed by atoms with van der Waals surface area (Å²) in [5.74, 6) is 0.0144. The number of nitrogens with zero attached hydrogens (tertiary/aromatic N) is 3. The quantitative estimate of drug-likeness (QED) is 0.322. The molecule has 1 aliphatic rings. The number of thioether (sulfide) groups is 1. The van der Waals surface area contributed by atoms with Gasteiger partial charge in [0, 0.05) is 23.9 Å². The minimum atomic E-state index is -0.136. The molecule has 1 aromatic carbocycles. The van der Waals surface area contributed by atoms with Crippen LogP contribution in [-0.2, 0) is 16.1 Å². The highest BCUT2D eigenvalue weighted by atomic mass is 32.2. The van der Waals surface area contributed by atoms with Gasteiger partial charge in [-0.15, -0.1) is 11.3 Å². The van der Waals surface area contributed by atoms with Gasteiger partial charge in [-0.1, -0.05) is 23.9 Å². The summed E-state index contributed by atoms with van der Waals surface area (Å²) in [6.07, 6.45) is 3.60. The topological polar surface area (TPSA) is 86.1 Å². The molecule has 3 aromatic heterocycles. The van der Waals surface area contributed by atoms with E-state index in [1.165, 1.54) is 23.1 Å². The number of ether oxygens (including phenoxy) is 1. The van der Waals surface area contributed by atoms with Crippen LogP contribution in [0.3, 0.4) is 0 Å². The minimum Gasteiger partial charge on any atom is -0.376 e. The Bertz CT molecular complexity index is 1410. The van der Waals surface area contributed by atoms with Gasteiger partial charge in [0.05, 0.1) is 23.9 Å². The summed E-state index contributed by atoms with van der Waals surface area (Å²) in [6, 6.07) is 9.74. The first kappa shape index (κ1) is 22.1. The Balaban J connectivity index is 1.47. The smallest absolute Gasteiger partial charge is 0.272 e. The number of carbonyl (C=O) groups is 1. The van der Waals surface area contributed by atoms with Crippen molar-refractivity contribution in [3.63, 3.8) is 0 Å². The summed E-state index contributed by atoms with van der Waals surface area (Å²) < 4.78 is 8.04. The molecule has 1 saturated heterocycles. The fourth-order valence-corrected chi connectivity index (χ4v) is 5.82. The monoisotopic (exact) mass is 480 g/mol. The number of hydrogen-bond donors (Lipinski definition) is 1. The zero-order valence-electron chi connectivity index (χ0n) is 18.5. The normalized spacial score (nSPS) is 16.0. The van der Waals surface area contributed by atoms with Crippen LogP contribution in [0.4, 0.5) is 5.69 Å². The van der Waals surface area contributed by atoms with E-state index in [2.05, 4.69) is 10.3 Å². The number of pyridine rings is 1. The van der Waals surface area contributed by atoms with E-state index < -0.39 is 0 Å². The SMILES string of the molecule is Cc1ccc(C)c(NC(=O)CSc2nc3c(sc4ncccc43)c(=O)n2C[C@H]2CCCO2)c1. The van der Waals surface area contributed by atoms with Crippen LogP contribution in [0.5, 0.6) is 0 Å². The first-order valence-corrected chi connectivity index (χ1v) is 12.7. The van der Waals surface area contributed by atoms with Gasteiger partial charge in [0.25, 0.3) is 5.56 Å². The van der Waals surface area contributed by atoms with Crippen molar-refractivity contribution in [3.8, 4) is 0 Å². The predicted molar refractivity (Wildman–Crippen MR) is 133 cm³/mol. The molecule has 4 aromatic rings. The van der Waals surface area contributed by atoms with E-state index >= 15 is 0 Å². The van der Waals surface area contributed by atoms with Crippen LogP contribution in [0.15, 0.2) is 46.5 Å². The average Bonchev–Trinajstić information content (AvgIpc) is 3.45. The third-order valence-electron chi connectivity index (χ3n) is 5.73. The van der Waals surface area contributed by atoms with Crippen LogP contribution in [0.2, 0.25) is 0 Å². The van der Waals surface area contributed by atoms with Crippen LogP contribution in [0.1, 0.15) is 24.0 Å². The summed E-state index contributed by atoms with van der Waals surface area (Å²) in [5, 5.41) is 4.37. The highest BCUT2D eigenvalue weighted by Gasteiger charge is 2.22. The van der Waals surface area contributed by atoms with E-state index in [1.807, 2.05) is 44.2 Å². The number of fused-ring (bicyclic) bond motifs is 3. The molecular weight excluding hydrogens is 456 g/mol. The number of rotatable bonds is 6. The standard InChI is InChI=1S/C24H24N4O3S2/c1-14-7-8-15(2)18(11-14)26-19(29)13-32-24-27-20-17-6-3-9-25-22(17)33-21(20)23(30)28(24)12-16-5-4-10-31-16/h3,6-9,11,16H,4-5,10,12-13H2,1-2H3,(H,26,29)/t16-/m1/s1. The van der Waals surface area contributed by atoms with E-state index in [0.29, 0.717) is 28.5 Å². The van der Waals surface area contributed by atoms with Gasteiger partial charge in [-0.2, -0.15) is 0 Å². The number of amides is 1. The maximum absolute atomic E-state index is 13.5. The summed E-state index contributed by atoms with van der Waals surface area (Å²) in [4.78, 5) is 36.2. The lowest BCUT2D eigenvalue weighted by Gasteiger charge is -2.16. The van der Waals surface area contributed by atoms with Crippen LogP contribution in [-0.4, -0.2) is 38.9 Å². The van der Waals surface area contributed by atoms with E-state index in [-0.39, 0.29) is 23.3 Å². The van der Waals surface area contributed by atoms with Crippen LogP contribution >= 0.6 is 23.1 Å². The van der Waals surface area contributed by atoms with Crippen molar-refractivity contribution < 1.29 is 9.53 Å². The van der Waals surface area contributed by atoms with E-state index in [1.54, 1.807) is 10.8 Å². The Kier molecular flexibility index (Phi) is 6.18. The number of carbonyl (C=O) groups excluding carboxylic acids is 1. The number of anilines is 1. The van der Waals surface area contributed by atoms with Crippen molar-refractivity contribution in [1.29, 1.82) is 0 Å². The lowest BCUT2D eigenvalue weighted by molar-refractivity contribution is -0.113. The van der Waals surface area contributed by atoms with Gasteiger partial charge in [0.15, 0.2) is 5.16 Å². The molecule has 0 aliphatic carbocycles. The van der Waals surface area contributed by atoms with Gasteiger partial charge >= 0.3 is 0 Å². The zero-order chi connectivity index (χ0) is 22.9. The molecule has 9 heteroatoms. The summed E-state index contributed by atoms with van der Waals surface area (Å²) >= 11 is 2.64.